The van der Waals surface area contributed by atoms with E-state index in [4.69, 9.17) is 4.74 Å². The molecule has 25 heavy (non-hydrogen) atoms. The predicted molar refractivity (Wildman–Crippen MR) is 96.7 cm³/mol. The number of hydrogen-bond acceptors (Lipinski definition) is 7. The van der Waals surface area contributed by atoms with Crippen LogP contribution in [0.15, 0.2) is 34.9 Å². The molecule has 0 radical (unpaired) electrons. The van der Waals surface area contributed by atoms with Gasteiger partial charge in [-0.1, -0.05) is 30.3 Å². The number of piperidine rings is 1. The number of hydrogen-bond donors (Lipinski definition) is 1. The first kappa shape index (κ1) is 19.4. The van der Waals surface area contributed by atoms with Crippen molar-refractivity contribution < 1.29 is 14.3 Å². The Morgan fingerprint density at radius 3 is 2.64 bits per heavy atom. The molecule has 0 saturated carbocycles. The lowest BCUT2D eigenvalue weighted by atomic mass is 9.87. The highest BCUT2D eigenvalue weighted by Crippen LogP contribution is 2.40. The number of carbonyl (C=O) groups excluding carboxylic acids is 2. The zero-order valence-corrected chi connectivity index (χ0v) is 15.0. The number of nitroso groups, excluding NO2 is 1. The molecule has 8 heteroatoms. The monoisotopic (exact) mass is 365 g/mol. The topological polar surface area (TPSA) is 88.1 Å². The maximum atomic E-state index is 12.3. The van der Waals surface area contributed by atoms with Crippen LogP contribution in [0.1, 0.15) is 25.3 Å². The predicted octanol–water partition coefficient (Wildman–Crippen LogP) is 2.11. The quantitative estimate of drug-likeness (QED) is 0.312. The molecule has 1 fully saturated rings. The van der Waals surface area contributed by atoms with Crippen LogP contribution >= 0.6 is 11.9 Å². The summed E-state index contributed by atoms with van der Waals surface area (Å²) in [7, 11) is 0. The molecule has 1 atom stereocenters. The molecule has 0 aromatic heterocycles. The van der Waals surface area contributed by atoms with Gasteiger partial charge < -0.3 is 10.1 Å². The number of benzene rings is 1. The Balaban J connectivity index is 2.08. The van der Waals surface area contributed by atoms with Gasteiger partial charge in [0, 0.05) is 23.1 Å². The second-order valence-electron chi connectivity index (χ2n) is 5.96. The summed E-state index contributed by atoms with van der Waals surface area (Å²) in [5.74, 6) is -0.526. The first-order valence-electron chi connectivity index (χ1n) is 8.28. The third-order valence-electron chi connectivity index (χ3n) is 4.45. The molecule has 1 saturated heterocycles. The zero-order chi connectivity index (χ0) is 18.1. The van der Waals surface area contributed by atoms with Crippen molar-refractivity contribution in [3.8, 4) is 0 Å². The Kier molecular flexibility index (Phi) is 7.39. The van der Waals surface area contributed by atoms with Gasteiger partial charge in [-0.3, -0.25) is 9.69 Å². The van der Waals surface area contributed by atoms with E-state index in [1.54, 1.807) is 6.92 Å². The lowest BCUT2D eigenvalue weighted by molar-refractivity contribution is -0.148. The first-order chi connectivity index (χ1) is 12.1. The molecule has 1 aromatic rings. The average molecular weight is 365 g/mol. The van der Waals surface area contributed by atoms with Gasteiger partial charge in [-0.05, 0) is 38.4 Å². The van der Waals surface area contributed by atoms with Crippen molar-refractivity contribution in [1.82, 2.24) is 10.2 Å². The molecule has 1 amide bonds. The van der Waals surface area contributed by atoms with Crippen LogP contribution in [0.4, 0.5) is 0 Å². The van der Waals surface area contributed by atoms with Crippen molar-refractivity contribution in [2.75, 3.05) is 19.7 Å². The van der Waals surface area contributed by atoms with Crippen molar-refractivity contribution in [3.05, 3.63) is 40.8 Å². The van der Waals surface area contributed by atoms with Gasteiger partial charge in [0.05, 0.1) is 11.4 Å². The van der Waals surface area contributed by atoms with Gasteiger partial charge in [-0.2, -0.15) is 0 Å². The van der Waals surface area contributed by atoms with Gasteiger partial charge in [0.1, 0.15) is 6.04 Å². The summed E-state index contributed by atoms with van der Waals surface area (Å²) in [6.07, 6.45) is 1.59. The molecule has 0 spiro atoms. The smallest absolute Gasteiger partial charge is 0.330 e. The first-order valence-corrected chi connectivity index (χ1v) is 9.06. The highest BCUT2D eigenvalue weighted by atomic mass is 32.2. The lowest BCUT2D eigenvalue weighted by Crippen LogP contribution is -2.58. The molecule has 136 valence electrons. The fourth-order valence-electron chi connectivity index (χ4n) is 3.17. The molecule has 1 N–H and O–H groups in total. The number of nitrogens with zero attached hydrogens (tertiary/aromatic N) is 2. The van der Waals surface area contributed by atoms with Gasteiger partial charge in [0.2, 0.25) is 6.41 Å². The summed E-state index contributed by atoms with van der Waals surface area (Å²) in [5.41, 5.74) is 1.21. The van der Waals surface area contributed by atoms with Gasteiger partial charge in [0.15, 0.2) is 0 Å². The van der Waals surface area contributed by atoms with Crippen molar-refractivity contribution in [3.63, 3.8) is 0 Å². The molecule has 7 nitrogen and oxygen atoms in total. The Labute approximate surface area is 151 Å². The number of esters is 1. The van der Waals surface area contributed by atoms with Crippen molar-refractivity contribution in [2.45, 2.75) is 37.1 Å². The van der Waals surface area contributed by atoms with E-state index in [-0.39, 0.29) is 6.61 Å². The summed E-state index contributed by atoms with van der Waals surface area (Å²) in [4.78, 5) is 36.5. The molecule has 1 aliphatic rings. The lowest BCUT2D eigenvalue weighted by Gasteiger charge is -2.42. The Hall–Kier alpha value is -1.93. The maximum absolute atomic E-state index is 12.3. The second kappa shape index (κ2) is 9.53. The minimum atomic E-state index is -0.883. The van der Waals surface area contributed by atoms with Crippen LogP contribution in [0, 0.1) is 4.91 Å². The standard InChI is InChI=1S/C17H23N3O4S/c1-2-24-16(22)15(18-13-21)17(25-19-23)8-10-20(11-9-17)12-14-6-4-3-5-7-14/h3-7,13,15H,2,8-12H2,1H3,(H,18,21). The molecule has 1 heterocycles. The van der Waals surface area contributed by atoms with E-state index >= 15 is 0 Å². The van der Waals surface area contributed by atoms with Crippen LogP contribution in [0.5, 0.6) is 0 Å². The number of likely N-dealkylation sites (tertiary alicyclic amines) is 1. The second-order valence-corrected chi connectivity index (χ2v) is 7.11. The van der Waals surface area contributed by atoms with E-state index in [9.17, 15) is 14.5 Å². The molecule has 0 aliphatic carbocycles. The van der Waals surface area contributed by atoms with E-state index in [2.05, 4.69) is 26.9 Å². The third-order valence-corrected chi connectivity index (χ3v) is 5.54. The number of rotatable bonds is 9. The SMILES string of the molecule is CCOC(=O)C(NC=O)C1(SN=O)CCN(Cc2ccccc2)CC1. The summed E-state index contributed by atoms with van der Waals surface area (Å²) >= 11 is 0.831. The number of amides is 1. The minimum Gasteiger partial charge on any atom is -0.464 e. The third kappa shape index (κ3) is 5.02. The normalized spacial score (nSPS) is 18.1. The van der Waals surface area contributed by atoms with Crippen LogP contribution in [0.2, 0.25) is 0 Å². The summed E-state index contributed by atoms with van der Waals surface area (Å²) in [6, 6.07) is 9.23. The molecular weight excluding hydrogens is 342 g/mol. The number of ether oxygens (including phenoxy) is 1. The summed E-state index contributed by atoms with van der Waals surface area (Å²) in [5, 5.41) is 2.53. The van der Waals surface area contributed by atoms with Crippen LogP contribution < -0.4 is 5.32 Å². The van der Waals surface area contributed by atoms with Gasteiger partial charge in [-0.15, -0.1) is 4.91 Å². The molecular formula is C17H23N3O4S. The van der Waals surface area contributed by atoms with Gasteiger partial charge in [0.25, 0.3) is 0 Å². The summed E-state index contributed by atoms with van der Waals surface area (Å²) < 4.78 is 7.27. The molecule has 1 unspecified atom stereocenters. The van der Waals surface area contributed by atoms with E-state index in [1.807, 2.05) is 18.2 Å². The minimum absolute atomic E-state index is 0.214. The van der Waals surface area contributed by atoms with Gasteiger partial charge >= 0.3 is 5.97 Å². The van der Waals surface area contributed by atoms with Gasteiger partial charge in [-0.25, -0.2) is 4.79 Å². The number of nitrogens with one attached hydrogen (secondary N) is 1. The van der Waals surface area contributed by atoms with E-state index < -0.39 is 16.8 Å². The largest absolute Gasteiger partial charge is 0.464 e. The zero-order valence-electron chi connectivity index (χ0n) is 14.2. The molecule has 1 aliphatic heterocycles. The van der Waals surface area contributed by atoms with E-state index in [1.165, 1.54) is 5.56 Å². The van der Waals surface area contributed by atoms with Crippen LogP contribution in [-0.2, 0) is 20.9 Å². The fraction of sp³-hybridized carbons (Fsp3) is 0.529. The van der Waals surface area contributed by atoms with Crippen molar-refractivity contribution in [1.29, 1.82) is 0 Å². The molecule has 2 rings (SSSR count). The van der Waals surface area contributed by atoms with Crippen LogP contribution in [0.25, 0.3) is 0 Å². The molecule has 1 aromatic carbocycles. The summed E-state index contributed by atoms with van der Waals surface area (Å²) in [6.45, 7) is 4.13. The average Bonchev–Trinajstić information content (AvgIpc) is 2.63. The number of carbonyl (C=O) groups is 2. The van der Waals surface area contributed by atoms with Crippen LogP contribution in [0.3, 0.4) is 0 Å². The highest BCUT2D eigenvalue weighted by molar-refractivity contribution is 7.99. The van der Waals surface area contributed by atoms with Crippen LogP contribution in [-0.4, -0.2) is 47.8 Å². The fourth-order valence-corrected chi connectivity index (χ4v) is 3.95. The maximum Gasteiger partial charge on any atom is 0.330 e. The highest BCUT2D eigenvalue weighted by Gasteiger charge is 2.47. The van der Waals surface area contributed by atoms with Crippen molar-refractivity contribution in [2.24, 2.45) is 4.58 Å². The van der Waals surface area contributed by atoms with E-state index in [0.29, 0.717) is 32.3 Å². The molecule has 0 bridgehead atoms. The Bertz CT molecular complexity index is 577. The van der Waals surface area contributed by atoms with Crippen molar-refractivity contribution >= 4 is 24.3 Å². The Morgan fingerprint density at radius 1 is 1.40 bits per heavy atom. The van der Waals surface area contributed by atoms with E-state index in [0.717, 1.165) is 18.5 Å². The Morgan fingerprint density at radius 2 is 2.08 bits per heavy atom.